The summed E-state index contributed by atoms with van der Waals surface area (Å²) in [6.45, 7) is 5.83. The Kier molecular flexibility index (Phi) is 1.89. The molecule has 1 saturated heterocycles. The van der Waals surface area contributed by atoms with E-state index in [1.165, 1.54) is 0 Å². The van der Waals surface area contributed by atoms with Crippen LogP contribution in [0.3, 0.4) is 0 Å². The van der Waals surface area contributed by atoms with E-state index in [4.69, 9.17) is 0 Å². The molecule has 1 atom stereocenters. The summed E-state index contributed by atoms with van der Waals surface area (Å²) < 4.78 is 0. The number of amides is 2. The van der Waals surface area contributed by atoms with Crippen LogP contribution in [0.2, 0.25) is 0 Å². The molecule has 1 unspecified atom stereocenters. The summed E-state index contributed by atoms with van der Waals surface area (Å²) in [5.74, 6) is 0. The average molecular weight is 154 g/mol. The predicted molar refractivity (Wildman–Crippen MR) is 44.1 cm³/mol. The highest BCUT2D eigenvalue weighted by molar-refractivity contribution is 5.77. The highest BCUT2D eigenvalue weighted by Crippen LogP contribution is 2.19. The van der Waals surface area contributed by atoms with Crippen molar-refractivity contribution in [1.82, 2.24) is 9.80 Å². The third-order valence-electron chi connectivity index (χ3n) is 2.26. The molecule has 0 aliphatic carbocycles. The zero-order valence-corrected chi connectivity index (χ0v) is 7.29. The lowest BCUT2D eigenvalue weighted by Crippen LogP contribution is -2.48. The second-order valence-corrected chi connectivity index (χ2v) is 3.07. The van der Waals surface area contributed by atoms with Gasteiger partial charge < -0.3 is 9.80 Å². The van der Waals surface area contributed by atoms with Gasteiger partial charge in [0.15, 0.2) is 0 Å². The second kappa shape index (κ2) is 2.57. The molecule has 0 aromatic carbocycles. The molecule has 3 nitrogen and oxygen atoms in total. The van der Waals surface area contributed by atoms with Crippen molar-refractivity contribution in [3.63, 3.8) is 0 Å². The third-order valence-corrected chi connectivity index (χ3v) is 2.26. The predicted octanol–water partition coefficient (Wildman–Crippen LogP) is 1.28. The molecule has 0 N–H and O–H groups in total. The van der Waals surface area contributed by atoms with Gasteiger partial charge in [-0.2, -0.15) is 0 Å². The highest BCUT2D eigenvalue weighted by Gasteiger charge is 2.27. The molecule has 0 spiro atoms. The molecule has 1 aliphatic rings. The molecule has 1 rings (SSSR count). The zero-order valence-electron chi connectivity index (χ0n) is 7.29. The summed E-state index contributed by atoms with van der Waals surface area (Å²) in [5.41, 5.74) is 0.903. The smallest absolute Gasteiger partial charge is 0.323 e. The largest absolute Gasteiger partial charge is 0.324 e. The number of hydrogen-bond acceptors (Lipinski definition) is 1. The molecule has 1 fully saturated rings. The summed E-state index contributed by atoms with van der Waals surface area (Å²) >= 11 is 0. The molecule has 0 aromatic heterocycles. The fourth-order valence-corrected chi connectivity index (χ4v) is 1.18. The minimum absolute atomic E-state index is 0.0359. The number of hydrogen-bond donors (Lipinski definition) is 0. The van der Waals surface area contributed by atoms with Crippen molar-refractivity contribution < 1.29 is 4.79 Å². The first kappa shape index (κ1) is 8.11. The lowest BCUT2D eigenvalue weighted by molar-refractivity contribution is 0.149. The Morgan fingerprint density at radius 3 is 2.64 bits per heavy atom. The van der Waals surface area contributed by atoms with E-state index in [-0.39, 0.29) is 12.1 Å². The lowest BCUT2D eigenvalue weighted by Gasteiger charge is -2.37. The van der Waals surface area contributed by atoms with E-state index in [9.17, 15) is 4.79 Å². The standard InChI is InChI=1S/C8H14N2O/c1-6-5-7(2)10(4)8(11)9(6)3/h7H,1,5H2,2-4H3. The minimum Gasteiger partial charge on any atom is -0.324 e. The van der Waals surface area contributed by atoms with Crippen LogP contribution in [0.4, 0.5) is 4.79 Å². The van der Waals surface area contributed by atoms with Gasteiger partial charge in [0.25, 0.3) is 0 Å². The van der Waals surface area contributed by atoms with Crippen molar-refractivity contribution in [2.24, 2.45) is 0 Å². The Morgan fingerprint density at radius 2 is 2.09 bits per heavy atom. The van der Waals surface area contributed by atoms with E-state index in [1.54, 1.807) is 16.8 Å². The maximum atomic E-state index is 11.3. The van der Waals surface area contributed by atoms with Crippen molar-refractivity contribution >= 4 is 6.03 Å². The van der Waals surface area contributed by atoms with E-state index in [0.717, 1.165) is 12.1 Å². The first-order chi connectivity index (χ1) is 5.04. The topological polar surface area (TPSA) is 23.6 Å². The van der Waals surface area contributed by atoms with E-state index < -0.39 is 0 Å². The SMILES string of the molecule is C=C1CC(C)N(C)C(=O)N1C. The monoisotopic (exact) mass is 154 g/mol. The molecular formula is C8H14N2O. The van der Waals surface area contributed by atoms with Crippen LogP contribution in [-0.4, -0.2) is 36.0 Å². The first-order valence-corrected chi connectivity index (χ1v) is 3.72. The molecule has 1 heterocycles. The highest BCUT2D eigenvalue weighted by atomic mass is 16.2. The van der Waals surface area contributed by atoms with Gasteiger partial charge in [-0.3, -0.25) is 0 Å². The maximum absolute atomic E-state index is 11.3. The fourth-order valence-electron chi connectivity index (χ4n) is 1.18. The van der Waals surface area contributed by atoms with Crippen molar-refractivity contribution in [2.75, 3.05) is 14.1 Å². The van der Waals surface area contributed by atoms with Crippen molar-refractivity contribution in [3.8, 4) is 0 Å². The molecule has 0 bridgehead atoms. The number of urea groups is 1. The van der Waals surface area contributed by atoms with Crippen LogP contribution < -0.4 is 0 Å². The van der Waals surface area contributed by atoms with Gasteiger partial charge in [-0.1, -0.05) is 6.58 Å². The maximum Gasteiger partial charge on any atom is 0.323 e. The van der Waals surface area contributed by atoms with Gasteiger partial charge in [0, 0.05) is 32.3 Å². The average Bonchev–Trinajstić information content (AvgIpc) is 1.97. The molecule has 0 aromatic rings. The minimum atomic E-state index is 0.0359. The summed E-state index contributed by atoms with van der Waals surface area (Å²) in [4.78, 5) is 14.7. The van der Waals surface area contributed by atoms with E-state index in [2.05, 4.69) is 6.58 Å². The van der Waals surface area contributed by atoms with Crippen LogP contribution in [0, 0.1) is 0 Å². The first-order valence-electron chi connectivity index (χ1n) is 3.72. The summed E-state index contributed by atoms with van der Waals surface area (Å²) in [5, 5.41) is 0. The molecule has 62 valence electrons. The quantitative estimate of drug-likeness (QED) is 0.515. The van der Waals surface area contributed by atoms with Crippen LogP contribution in [0.25, 0.3) is 0 Å². The van der Waals surface area contributed by atoms with E-state index in [1.807, 2.05) is 14.0 Å². The third kappa shape index (κ3) is 1.23. The Labute approximate surface area is 67.3 Å². The molecule has 1 aliphatic heterocycles. The molecule has 3 heteroatoms. The molecule has 11 heavy (non-hydrogen) atoms. The van der Waals surface area contributed by atoms with Gasteiger partial charge in [0.2, 0.25) is 0 Å². The zero-order chi connectivity index (χ0) is 8.59. The van der Waals surface area contributed by atoms with Crippen LogP contribution in [-0.2, 0) is 0 Å². The number of carbonyl (C=O) groups excluding carboxylic acids is 1. The van der Waals surface area contributed by atoms with Gasteiger partial charge in [-0.05, 0) is 6.92 Å². The summed E-state index contributed by atoms with van der Waals surface area (Å²) in [6.07, 6.45) is 0.874. The normalized spacial score (nSPS) is 26.3. The molecular weight excluding hydrogens is 140 g/mol. The fraction of sp³-hybridized carbons (Fsp3) is 0.625. The van der Waals surface area contributed by atoms with Gasteiger partial charge in [0.1, 0.15) is 0 Å². The molecule has 0 radical (unpaired) electrons. The van der Waals surface area contributed by atoms with Gasteiger partial charge in [-0.15, -0.1) is 0 Å². The van der Waals surface area contributed by atoms with Crippen LogP contribution >= 0.6 is 0 Å². The lowest BCUT2D eigenvalue weighted by atomic mass is 10.1. The van der Waals surface area contributed by atoms with E-state index in [0.29, 0.717) is 0 Å². The Balaban J connectivity index is 2.79. The number of rotatable bonds is 0. The Morgan fingerprint density at radius 1 is 1.55 bits per heavy atom. The second-order valence-electron chi connectivity index (χ2n) is 3.07. The Hall–Kier alpha value is -0.990. The van der Waals surface area contributed by atoms with Crippen molar-refractivity contribution in [3.05, 3.63) is 12.3 Å². The summed E-state index contributed by atoms with van der Waals surface area (Å²) in [7, 11) is 3.57. The van der Waals surface area contributed by atoms with Crippen LogP contribution in [0.15, 0.2) is 12.3 Å². The van der Waals surface area contributed by atoms with Gasteiger partial charge in [0.05, 0.1) is 0 Å². The summed E-state index contributed by atoms with van der Waals surface area (Å²) in [6, 6.07) is 0.319. The van der Waals surface area contributed by atoms with Crippen LogP contribution in [0.5, 0.6) is 0 Å². The van der Waals surface area contributed by atoms with Crippen molar-refractivity contribution in [1.29, 1.82) is 0 Å². The number of nitrogens with zero attached hydrogens (tertiary/aromatic N) is 2. The van der Waals surface area contributed by atoms with Gasteiger partial charge >= 0.3 is 6.03 Å². The van der Waals surface area contributed by atoms with Gasteiger partial charge in [-0.25, -0.2) is 4.79 Å². The Bertz CT molecular complexity index is 200. The van der Waals surface area contributed by atoms with E-state index >= 15 is 0 Å². The van der Waals surface area contributed by atoms with Crippen molar-refractivity contribution in [2.45, 2.75) is 19.4 Å². The molecule has 2 amide bonds. The van der Waals surface area contributed by atoms with Crippen LogP contribution in [0.1, 0.15) is 13.3 Å². The molecule has 0 saturated carbocycles. The number of carbonyl (C=O) groups is 1.